The van der Waals surface area contributed by atoms with E-state index in [-0.39, 0.29) is 0 Å². The maximum absolute atomic E-state index is 5.25. The van der Waals surface area contributed by atoms with Crippen molar-refractivity contribution in [2.45, 2.75) is 65.2 Å². The molecule has 0 bridgehead atoms. The number of aryl methyl sites for hydroxylation is 2. The maximum atomic E-state index is 5.25. The average molecular weight is 362 g/mol. The third kappa shape index (κ3) is 2.53. The Morgan fingerprint density at radius 3 is 2.81 bits per heavy atom. The SMILES string of the molecule is Cc1cccc(-c2c3c(nc4sc5c(c24)CC[C@H](C)C5)[C@H](C)CCC3)c1. The minimum atomic E-state index is 0.588. The summed E-state index contributed by atoms with van der Waals surface area (Å²) in [7, 11) is 0. The van der Waals surface area contributed by atoms with Gasteiger partial charge < -0.3 is 0 Å². The molecule has 2 aliphatic rings. The van der Waals surface area contributed by atoms with E-state index >= 15 is 0 Å². The Morgan fingerprint density at radius 2 is 1.96 bits per heavy atom. The Hall–Kier alpha value is -1.67. The van der Waals surface area contributed by atoms with E-state index in [0.717, 1.165) is 5.92 Å². The normalized spacial score (nSPS) is 22.3. The Morgan fingerprint density at radius 1 is 1.08 bits per heavy atom. The van der Waals surface area contributed by atoms with Crippen molar-refractivity contribution in [3.63, 3.8) is 0 Å². The van der Waals surface area contributed by atoms with Crippen molar-refractivity contribution in [3.05, 3.63) is 51.5 Å². The molecule has 26 heavy (non-hydrogen) atoms. The summed E-state index contributed by atoms with van der Waals surface area (Å²) in [6, 6.07) is 9.12. The molecule has 2 heterocycles. The van der Waals surface area contributed by atoms with Crippen molar-refractivity contribution < 1.29 is 0 Å². The lowest BCUT2D eigenvalue weighted by Crippen LogP contribution is -2.12. The average Bonchev–Trinajstić information content (AvgIpc) is 2.97. The van der Waals surface area contributed by atoms with Gasteiger partial charge >= 0.3 is 0 Å². The summed E-state index contributed by atoms with van der Waals surface area (Å²) in [4.78, 5) is 8.16. The Balaban J connectivity index is 1.87. The van der Waals surface area contributed by atoms with Crippen molar-refractivity contribution in [2.75, 3.05) is 0 Å². The fourth-order valence-electron chi connectivity index (χ4n) is 5.03. The topological polar surface area (TPSA) is 12.9 Å². The van der Waals surface area contributed by atoms with Crippen LogP contribution in [0.2, 0.25) is 0 Å². The summed E-state index contributed by atoms with van der Waals surface area (Å²) in [6.07, 6.45) is 7.55. The van der Waals surface area contributed by atoms with Crippen LogP contribution >= 0.6 is 11.3 Å². The van der Waals surface area contributed by atoms with E-state index in [1.54, 1.807) is 16.0 Å². The number of rotatable bonds is 1. The zero-order valence-corrected chi connectivity index (χ0v) is 16.9. The van der Waals surface area contributed by atoms with Crippen LogP contribution in [0.25, 0.3) is 21.3 Å². The minimum Gasteiger partial charge on any atom is -0.241 e. The van der Waals surface area contributed by atoms with Gasteiger partial charge in [-0.2, -0.15) is 0 Å². The molecule has 1 aromatic carbocycles. The largest absolute Gasteiger partial charge is 0.241 e. The molecule has 0 spiro atoms. The van der Waals surface area contributed by atoms with Gasteiger partial charge in [-0.15, -0.1) is 11.3 Å². The van der Waals surface area contributed by atoms with Crippen LogP contribution in [-0.2, 0) is 19.3 Å². The molecule has 0 amide bonds. The number of aromatic nitrogens is 1. The molecule has 2 heteroatoms. The van der Waals surface area contributed by atoms with Crippen LogP contribution in [0.1, 0.15) is 66.3 Å². The van der Waals surface area contributed by atoms with Crippen molar-refractivity contribution >= 4 is 21.6 Å². The van der Waals surface area contributed by atoms with Gasteiger partial charge in [-0.05, 0) is 79.5 Å². The highest BCUT2D eigenvalue weighted by molar-refractivity contribution is 7.19. The van der Waals surface area contributed by atoms with E-state index in [9.17, 15) is 0 Å². The van der Waals surface area contributed by atoms with Gasteiger partial charge in [-0.3, -0.25) is 0 Å². The summed E-state index contributed by atoms with van der Waals surface area (Å²) in [5, 5.41) is 1.50. The molecule has 2 aliphatic carbocycles. The minimum absolute atomic E-state index is 0.588. The van der Waals surface area contributed by atoms with Crippen LogP contribution in [0.5, 0.6) is 0 Å². The van der Waals surface area contributed by atoms with E-state index in [1.165, 1.54) is 71.1 Å². The van der Waals surface area contributed by atoms with Gasteiger partial charge in [0.2, 0.25) is 0 Å². The molecule has 134 valence electrons. The standard InChI is InChI=1S/C24H27NS/c1-14-6-4-8-17(12-14)21-19-9-5-7-16(3)23(19)25-24-22(21)18-11-10-15(2)13-20(18)26-24/h4,6,8,12,15-16H,5,7,9-11,13H2,1-3H3/t15-,16+/m0/s1. The second-order valence-electron chi connectivity index (χ2n) is 8.55. The van der Waals surface area contributed by atoms with E-state index in [1.807, 2.05) is 11.3 Å². The first-order valence-electron chi connectivity index (χ1n) is 10.2. The number of thiophene rings is 1. The monoisotopic (exact) mass is 361 g/mol. The quantitative estimate of drug-likeness (QED) is 0.462. The zero-order chi connectivity index (χ0) is 17.8. The van der Waals surface area contributed by atoms with Crippen molar-refractivity contribution in [1.29, 1.82) is 0 Å². The molecule has 0 N–H and O–H groups in total. The fraction of sp³-hybridized carbons (Fsp3) is 0.458. The molecule has 0 unspecified atom stereocenters. The first-order chi connectivity index (χ1) is 12.6. The number of hydrogen-bond acceptors (Lipinski definition) is 2. The highest BCUT2D eigenvalue weighted by Crippen LogP contribution is 2.46. The maximum Gasteiger partial charge on any atom is 0.124 e. The third-order valence-electron chi connectivity index (χ3n) is 6.41. The highest BCUT2D eigenvalue weighted by Gasteiger charge is 2.29. The van der Waals surface area contributed by atoms with Crippen LogP contribution in [0, 0.1) is 12.8 Å². The molecular weight excluding hydrogens is 334 g/mol. The van der Waals surface area contributed by atoms with Gasteiger partial charge in [-0.25, -0.2) is 4.98 Å². The van der Waals surface area contributed by atoms with Crippen molar-refractivity contribution in [1.82, 2.24) is 4.98 Å². The lowest BCUT2D eigenvalue weighted by molar-refractivity contribution is 0.509. The third-order valence-corrected chi connectivity index (χ3v) is 7.56. The first kappa shape index (κ1) is 16.5. The predicted octanol–water partition coefficient (Wildman–Crippen LogP) is 6.84. The lowest BCUT2D eigenvalue weighted by atomic mass is 9.80. The lowest BCUT2D eigenvalue weighted by Gasteiger charge is -2.25. The van der Waals surface area contributed by atoms with Gasteiger partial charge in [0, 0.05) is 16.0 Å². The van der Waals surface area contributed by atoms with E-state index < -0.39 is 0 Å². The van der Waals surface area contributed by atoms with Crippen LogP contribution in [-0.4, -0.2) is 4.98 Å². The van der Waals surface area contributed by atoms with Crippen LogP contribution in [0.3, 0.4) is 0 Å². The predicted molar refractivity (Wildman–Crippen MR) is 112 cm³/mol. The summed E-state index contributed by atoms with van der Waals surface area (Å²) in [6.45, 7) is 6.98. The van der Waals surface area contributed by atoms with Crippen LogP contribution < -0.4 is 0 Å². The molecule has 0 radical (unpaired) electrons. The molecule has 0 fully saturated rings. The van der Waals surface area contributed by atoms with Gasteiger partial charge in [0.05, 0.1) is 0 Å². The number of hydrogen-bond donors (Lipinski definition) is 0. The number of pyridine rings is 1. The molecule has 2 aromatic heterocycles. The van der Waals surface area contributed by atoms with Gasteiger partial charge in [0.25, 0.3) is 0 Å². The summed E-state index contributed by atoms with van der Waals surface area (Å²) < 4.78 is 0. The summed E-state index contributed by atoms with van der Waals surface area (Å²) >= 11 is 1.98. The van der Waals surface area contributed by atoms with Crippen molar-refractivity contribution in [3.8, 4) is 11.1 Å². The number of benzene rings is 1. The highest BCUT2D eigenvalue weighted by atomic mass is 32.1. The Labute approximate surface area is 160 Å². The molecule has 0 saturated carbocycles. The van der Waals surface area contributed by atoms with Crippen molar-refractivity contribution in [2.24, 2.45) is 5.92 Å². The van der Waals surface area contributed by atoms with Crippen LogP contribution in [0.4, 0.5) is 0 Å². The molecular formula is C24H27NS. The number of nitrogens with zero attached hydrogens (tertiary/aromatic N) is 1. The first-order valence-corrected chi connectivity index (χ1v) is 11.0. The molecule has 3 aromatic rings. The number of fused-ring (bicyclic) bond motifs is 4. The Bertz CT molecular complexity index is 997. The van der Waals surface area contributed by atoms with Gasteiger partial charge in [-0.1, -0.05) is 43.7 Å². The molecule has 5 rings (SSSR count). The Kier molecular flexibility index (Phi) is 3.93. The molecule has 0 saturated heterocycles. The fourth-order valence-corrected chi connectivity index (χ4v) is 6.43. The molecule has 1 nitrogen and oxygen atoms in total. The zero-order valence-electron chi connectivity index (χ0n) is 16.1. The van der Waals surface area contributed by atoms with Crippen LogP contribution in [0.15, 0.2) is 24.3 Å². The molecule has 0 aliphatic heterocycles. The van der Waals surface area contributed by atoms with E-state index in [4.69, 9.17) is 4.98 Å². The van der Waals surface area contributed by atoms with Gasteiger partial charge in [0.1, 0.15) is 4.83 Å². The second kappa shape index (κ2) is 6.20. The van der Waals surface area contributed by atoms with E-state index in [0.29, 0.717) is 5.92 Å². The smallest absolute Gasteiger partial charge is 0.124 e. The van der Waals surface area contributed by atoms with Gasteiger partial charge in [0.15, 0.2) is 0 Å². The van der Waals surface area contributed by atoms with E-state index in [2.05, 4.69) is 45.0 Å². The summed E-state index contributed by atoms with van der Waals surface area (Å²) in [5.41, 5.74) is 8.82. The second-order valence-corrected chi connectivity index (χ2v) is 9.63. The summed E-state index contributed by atoms with van der Waals surface area (Å²) in [5.74, 6) is 1.40. The molecule has 2 atom stereocenters.